The van der Waals surface area contributed by atoms with E-state index in [2.05, 4.69) is 4.74 Å². The van der Waals surface area contributed by atoms with Crippen molar-refractivity contribution in [3.05, 3.63) is 12.2 Å². The molecule has 1 N–H and O–H groups in total. The van der Waals surface area contributed by atoms with Gasteiger partial charge in [-0.15, -0.1) is 0 Å². The fraction of sp³-hybridized carbons (Fsp3) is 0.200. The molecule has 52 valence electrons. The summed E-state index contributed by atoms with van der Waals surface area (Å²) in [6, 6.07) is 0. The summed E-state index contributed by atoms with van der Waals surface area (Å²) in [6.07, 6.45) is 1.55. The zero-order chi connectivity index (χ0) is 7.28. The van der Waals surface area contributed by atoms with Gasteiger partial charge in [0.25, 0.3) is 0 Å². The predicted octanol–water partition coefficient (Wildman–Crippen LogP) is -0.202. The number of hydrogen-bond donors (Lipinski definition) is 1. The second kappa shape index (κ2) is 6.42. The van der Waals surface area contributed by atoms with Crippen LogP contribution in [0.4, 0.5) is 0 Å². The molecule has 0 aliphatic heterocycles. The van der Waals surface area contributed by atoms with Crippen molar-refractivity contribution < 1.29 is 38.9 Å². The van der Waals surface area contributed by atoms with Crippen molar-refractivity contribution in [3.8, 4) is 0 Å². The molecule has 0 rings (SSSR count). The fourth-order valence-electron chi connectivity index (χ4n) is 0.207. The number of carbonyl (C=O) groups excluding carboxylic acids is 1. The molecule has 0 radical (unpaired) electrons. The number of carbonyl (C=O) groups is 2. The molecule has 0 saturated carbocycles. The van der Waals surface area contributed by atoms with Crippen LogP contribution in [0.5, 0.6) is 0 Å². The Morgan fingerprint density at radius 3 is 2.20 bits per heavy atom. The van der Waals surface area contributed by atoms with Crippen LogP contribution in [0.15, 0.2) is 12.2 Å². The first-order chi connectivity index (χ1) is 4.16. The molecule has 0 heterocycles. The van der Waals surface area contributed by atoms with E-state index in [1.807, 2.05) is 0 Å². The van der Waals surface area contributed by atoms with Crippen molar-refractivity contribution in [2.45, 2.75) is 0 Å². The molecule has 10 heavy (non-hydrogen) atoms. The molecule has 4 nitrogen and oxygen atoms in total. The van der Waals surface area contributed by atoms with E-state index in [1.54, 1.807) is 0 Å². The maximum absolute atomic E-state index is 10.1. The SMILES string of the molecule is COC(=O)C=CC(=O)O.[Zn]. The maximum atomic E-state index is 10.1. The molecule has 0 spiro atoms. The minimum absolute atomic E-state index is 0. The Balaban J connectivity index is 0. The van der Waals surface area contributed by atoms with Gasteiger partial charge in [-0.25, -0.2) is 9.59 Å². The molecule has 0 aliphatic carbocycles. The average molecular weight is 195 g/mol. The Morgan fingerprint density at radius 1 is 1.40 bits per heavy atom. The van der Waals surface area contributed by atoms with E-state index < -0.39 is 11.9 Å². The van der Waals surface area contributed by atoms with E-state index in [-0.39, 0.29) is 19.5 Å². The summed E-state index contributed by atoms with van der Waals surface area (Å²) < 4.78 is 4.11. The summed E-state index contributed by atoms with van der Waals surface area (Å²) in [6.45, 7) is 0. The topological polar surface area (TPSA) is 63.6 Å². The van der Waals surface area contributed by atoms with Crippen molar-refractivity contribution in [1.29, 1.82) is 0 Å². The van der Waals surface area contributed by atoms with Gasteiger partial charge in [0.05, 0.1) is 7.11 Å². The Kier molecular flexibility index (Phi) is 7.72. The summed E-state index contributed by atoms with van der Waals surface area (Å²) in [7, 11) is 1.18. The molecule has 0 aromatic carbocycles. The van der Waals surface area contributed by atoms with Crippen LogP contribution in [-0.2, 0) is 33.8 Å². The zero-order valence-corrected chi connectivity index (χ0v) is 8.50. The molecular formula is C5H6O4Zn. The van der Waals surface area contributed by atoms with Crippen LogP contribution in [-0.4, -0.2) is 24.2 Å². The van der Waals surface area contributed by atoms with Crippen LogP contribution in [0, 0.1) is 0 Å². The summed E-state index contributed by atoms with van der Waals surface area (Å²) in [5.41, 5.74) is 0. The van der Waals surface area contributed by atoms with E-state index >= 15 is 0 Å². The molecule has 0 unspecified atom stereocenters. The fourth-order valence-corrected chi connectivity index (χ4v) is 0.207. The van der Waals surface area contributed by atoms with Crippen molar-refractivity contribution >= 4 is 11.9 Å². The number of ether oxygens (including phenoxy) is 1. The van der Waals surface area contributed by atoms with E-state index in [4.69, 9.17) is 5.11 Å². The van der Waals surface area contributed by atoms with Gasteiger partial charge in [0.1, 0.15) is 0 Å². The number of aliphatic carboxylic acids is 1. The van der Waals surface area contributed by atoms with Crippen LogP contribution in [0.2, 0.25) is 0 Å². The summed E-state index contributed by atoms with van der Waals surface area (Å²) >= 11 is 0. The van der Waals surface area contributed by atoms with Gasteiger partial charge < -0.3 is 9.84 Å². The normalized spacial score (nSPS) is 8.50. The third-order valence-corrected chi connectivity index (χ3v) is 0.563. The van der Waals surface area contributed by atoms with Crippen LogP contribution >= 0.6 is 0 Å². The molecule has 0 aromatic rings. The summed E-state index contributed by atoms with van der Waals surface area (Å²) in [5.74, 6) is -1.84. The number of carboxylic acid groups (broad SMARTS) is 1. The zero-order valence-electron chi connectivity index (χ0n) is 5.53. The molecular weight excluding hydrogens is 189 g/mol. The van der Waals surface area contributed by atoms with Gasteiger partial charge in [-0.3, -0.25) is 0 Å². The quantitative estimate of drug-likeness (QED) is 0.376. The number of hydrogen-bond acceptors (Lipinski definition) is 3. The van der Waals surface area contributed by atoms with E-state index in [1.165, 1.54) is 7.11 Å². The minimum atomic E-state index is -1.17. The number of rotatable bonds is 2. The standard InChI is InChI=1S/C5H6O4.Zn/c1-9-5(8)3-2-4(6)7;/h2-3H,1H3,(H,6,7);. The molecule has 0 aliphatic rings. The van der Waals surface area contributed by atoms with E-state index in [0.717, 1.165) is 6.08 Å². The van der Waals surface area contributed by atoms with Crippen LogP contribution < -0.4 is 0 Å². The van der Waals surface area contributed by atoms with Crippen molar-refractivity contribution in [2.24, 2.45) is 0 Å². The Hall–Kier alpha value is -0.697. The molecule has 0 bridgehead atoms. The first-order valence-electron chi connectivity index (χ1n) is 2.15. The smallest absolute Gasteiger partial charge is 0.330 e. The number of carboxylic acids is 1. The third-order valence-electron chi connectivity index (χ3n) is 0.563. The molecule has 5 heteroatoms. The first kappa shape index (κ1) is 12.0. The van der Waals surface area contributed by atoms with Gasteiger partial charge in [-0.05, 0) is 0 Å². The second-order valence-electron chi connectivity index (χ2n) is 1.19. The monoisotopic (exact) mass is 194 g/mol. The second-order valence-corrected chi connectivity index (χ2v) is 1.19. The predicted molar refractivity (Wildman–Crippen MR) is 28.8 cm³/mol. The molecule has 0 amide bonds. The van der Waals surface area contributed by atoms with E-state index in [9.17, 15) is 9.59 Å². The summed E-state index contributed by atoms with van der Waals surface area (Å²) in [5, 5.41) is 7.96. The van der Waals surface area contributed by atoms with Gasteiger partial charge in [0.2, 0.25) is 0 Å². The largest absolute Gasteiger partial charge is 0.478 e. The average Bonchev–Trinajstić information content (AvgIpc) is 1.83. The molecule has 0 saturated heterocycles. The van der Waals surface area contributed by atoms with Crippen LogP contribution in [0.1, 0.15) is 0 Å². The maximum Gasteiger partial charge on any atom is 0.330 e. The first-order valence-corrected chi connectivity index (χ1v) is 2.15. The van der Waals surface area contributed by atoms with Gasteiger partial charge in [-0.2, -0.15) is 0 Å². The molecule has 0 atom stereocenters. The molecule has 0 fully saturated rings. The Labute approximate surface area is 70.6 Å². The Bertz CT molecular complexity index is 152. The van der Waals surface area contributed by atoms with Gasteiger partial charge in [-0.1, -0.05) is 0 Å². The van der Waals surface area contributed by atoms with Crippen molar-refractivity contribution in [1.82, 2.24) is 0 Å². The summed E-state index contributed by atoms with van der Waals surface area (Å²) in [4.78, 5) is 19.9. The minimum Gasteiger partial charge on any atom is -0.478 e. The Morgan fingerprint density at radius 2 is 1.90 bits per heavy atom. The van der Waals surface area contributed by atoms with Gasteiger partial charge in [0, 0.05) is 31.6 Å². The van der Waals surface area contributed by atoms with Crippen LogP contribution in [0.25, 0.3) is 0 Å². The van der Waals surface area contributed by atoms with Gasteiger partial charge in [0.15, 0.2) is 0 Å². The van der Waals surface area contributed by atoms with Crippen molar-refractivity contribution in [3.63, 3.8) is 0 Å². The van der Waals surface area contributed by atoms with Crippen molar-refractivity contribution in [2.75, 3.05) is 7.11 Å². The van der Waals surface area contributed by atoms with Crippen LogP contribution in [0.3, 0.4) is 0 Å². The number of esters is 1. The van der Waals surface area contributed by atoms with Gasteiger partial charge >= 0.3 is 11.9 Å². The molecule has 0 aromatic heterocycles. The van der Waals surface area contributed by atoms with E-state index in [0.29, 0.717) is 6.08 Å². The number of methoxy groups -OCH3 is 1. The third kappa shape index (κ3) is 7.30.